The first-order valence-corrected chi connectivity index (χ1v) is 9.55. The molecule has 0 amide bonds. The summed E-state index contributed by atoms with van der Waals surface area (Å²) in [7, 11) is 9.75. The van der Waals surface area contributed by atoms with Crippen molar-refractivity contribution in [3.8, 4) is 12.1 Å². The third kappa shape index (κ3) is 14.7. The van der Waals surface area contributed by atoms with Gasteiger partial charge in [0.05, 0.1) is 12.1 Å². The summed E-state index contributed by atoms with van der Waals surface area (Å²) in [6, 6.07) is 3.99. The van der Waals surface area contributed by atoms with Crippen LogP contribution in [-0.2, 0) is 16.5 Å². The fraction of sp³-hybridized carbons (Fsp3) is 0.750. The summed E-state index contributed by atoms with van der Waals surface area (Å²) < 4.78 is 0. The van der Waals surface area contributed by atoms with E-state index in [1.54, 1.807) is 6.07 Å². The van der Waals surface area contributed by atoms with Gasteiger partial charge in [-0.1, -0.05) is 12.8 Å². The van der Waals surface area contributed by atoms with Crippen LogP contribution in [0.5, 0.6) is 0 Å². The number of nitriles is 2. The molecule has 0 aromatic heterocycles. The molecule has 0 bridgehead atoms. The fourth-order valence-corrected chi connectivity index (χ4v) is 0.879. The molecule has 0 N–H and O–H groups in total. The Morgan fingerprint density at radius 3 is 1.86 bits per heavy atom. The molecule has 6 heteroatoms. The van der Waals surface area contributed by atoms with Crippen molar-refractivity contribution in [2.45, 2.75) is 19.8 Å². The van der Waals surface area contributed by atoms with E-state index in [0.717, 1.165) is 25.9 Å². The minimum absolute atomic E-state index is 0.299. The van der Waals surface area contributed by atoms with Crippen molar-refractivity contribution in [2.24, 2.45) is 5.92 Å². The van der Waals surface area contributed by atoms with Crippen molar-refractivity contribution in [1.82, 2.24) is 0 Å². The van der Waals surface area contributed by atoms with Crippen molar-refractivity contribution in [3.63, 3.8) is 0 Å². The molecule has 1 saturated heterocycles. The molecule has 1 fully saturated rings. The number of hydrogen-bond acceptors (Lipinski definition) is 2. The molecule has 0 spiro atoms. The average Bonchev–Trinajstić information content (AvgIpc) is 2.21. The molecule has 14 heavy (non-hydrogen) atoms. The van der Waals surface area contributed by atoms with E-state index in [1.165, 1.54) is 6.92 Å². The van der Waals surface area contributed by atoms with Gasteiger partial charge in [0.25, 0.3) is 0 Å². The monoisotopic (exact) mass is 415 g/mol. The number of halogens is 2. The number of nitrogens with zero attached hydrogens (tertiary/aromatic N) is 3. The van der Waals surface area contributed by atoms with Crippen molar-refractivity contribution in [3.05, 3.63) is 5.32 Å². The average molecular weight is 416 g/mol. The van der Waals surface area contributed by atoms with Crippen molar-refractivity contribution >= 4 is 18.8 Å². The summed E-state index contributed by atoms with van der Waals surface area (Å²) in [6.07, 6.45) is 1.97. The van der Waals surface area contributed by atoms with Crippen LogP contribution in [0.2, 0.25) is 0 Å². The van der Waals surface area contributed by atoms with Crippen LogP contribution in [0.1, 0.15) is 19.8 Å². The van der Waals surface area contributed by atoms with E-state index < -0.39 is 16.5 Å². The first kappa shape index (κ1) is 16.6. The van der Waals surface area contributed by atoms with E-state index in [2.05, 4.69) is 11.4 Å². The van der Waals surface area contributed by atoms with Crippen molar-refractivity contribution in [2.75, 3.05) is 13.1 Å². The number of hydrogen-bond donors (Lipinski definition) is 0. The second kappa shape index (κ2) is 15.7. The molecule has 0 aromatic carbocycles. The zero-order valence-corrected chi connectivity index (χ0v) is 11.6. The predicted molar refractivity (Wildman–Crippen MR) is 54.4 cm³/mol. The summed E-state index contributed by atoms with van der Waals surface area (Å²) in [6.45, 7) is 3.23. The number of rotatable bonds is 0. The molecule has 1 aliphatic rings. The first-order chi connectivity index (χ1) is 6.76. The predicted octanol–water partition coefficient (Wildman–Crippen LogP) is 3.20. The van der Waals surface area contributed by atoms with Crippen molar-refractivity contribution < 1.29 is 16.5 Å². The third-order valence-electron chi connectivity index (χ3n) is 1.45. The van der Waals surface area contributed by atoms with Gasteiger partial charge < -0.3 is 5.32 Å². The van der Waals surface area contributed by atoms with Crippen LogP contribution in [0.15, 0.2) is 0 Å². The van der Waals surface area contributed by atoms with Crippen LogP contribution < -0.4 is 0 Å². The molecule has 84 valence electrons. The van der Waals surface area contributed by atoms with Gasteiger partial charge in [-0.15, -0.1) is 13.1 Å². The van der Waals surface area contributed by atoms with Crippen LogP contribution in [0.4, 0.5) is 0 Å². The van der Waals surface area contributed by atoms with Gasteiger partial charge in [-0.25, -0.2) is 0 Å². The van der Waals surface area contributed by atoms with E-state index in [-0.39, 0.29) is 0 Å². The van der Waals surface area contributed by atoms with Gasteiger partial charge in [0.2, 0.25) is 0 Å². The second-order valence-electron chi connectivity index (χ2n) is 2.34. The van der Waals surface area contributed by atoms with Crippen LogP contribution >= 0.6 is 18.8 Å². The van der Waals surface area contributed by atoms with Gasteiger partial charge >= 0.3 is 35.3 Å². The fourth-order valence-electron chi connectivity index (χ4n) is 0.879. The minimum atomic E-state index is -0.472. The van der Waals surface area contributed by atoms with Gasteiger partial charge in [0, 0.05) is 12.8 Å². The Labute approximate surface area is 102 Å². The van der Waals surface area contributed by atoms with E-state index in [4.69, 9.17) is 29.4 Å². The van der Waals surface area contributed by atoms with Crippen LogP contribution in [-0.4, -0.2) is 13.1 Å². The standard InChI is InChI=1S/C6H9N2.C2H3N.2ClH.Pt/c7-5-6-1-3-8-4-2-6;1-2-3;;;/h6H,1-4H2;1H3;2*1H;/q-1;;;;+2/p-2. The molecule has 0 radical (unpaired) electrons. The van der Waals surface area contributed by atoms with E-state index in [0.29, 0.717) is 5.92 Å². The third-order valence-corrected chi connectivity index (χ3v) is 1.45. The molecule has 0 saturated carbocycles. The molecule has 3 nitrogen and oxygen atoms in total. The topological polar surface area (TPSA) is 61.7 Å². The SMILES string of the molecule is CC#N.N#CC1CC[N-]CC1.[Cl][Pt][Cl]. The molecule has 0 unspecified atom stereocenters. The molecule has 0 aromatic rings. The van der Waals surface area contributed by atoms with Gasteiger partial charge in [0.1, 0.15) is 0 Å². The summed E-state index contributed by atoms with van der Waals surface area (Å²) in [5.41, 5.74) is 0. The Hall–Kier alpha value is 0.208. The Morgan fingerprint density at radius 2 is 1.64 bits per heavy atom. The maximum atomic E-state index is 8.40. The summed E-state index contributed by atoms with van der Waals surface area (Å²) in [5, 5.41) is 19.8. The van der Waals surface area contributed by atoms with E-state index in [9.17, 15) is 0 Å². The number of piperidine rings is 1. The maximum absolute atomic E-state index is 8.40. The molecule has 1 rings (SSSR count). The molecule has 0 aliphatic carbocycles. The zero-order chi connectivity index (χ0) is 11.2. The summed E-state index contributed by atoms with van der Waals surface area (Å²) in [4.78, 5) is 0. The van der Waals surface area contributed by atoms with Gasteiger partial charge in [-0.3, -0.25) is 0 Å². The Bertz CT molecular complexity index is 182. The van der Waals surface area contributed by atoms with Crippen LogP contribution in [0.25, 0.3) is 5.32 Å². The molecular formula is C8H12Cl2N3Pt-. The van der Waals surface area contributed by atoms with E-state index in [1.807, 2.05) is 0 Å². The second-order valence-corrected chi connectivity index (χ2v) is 5.63. The van der Waals surface area contributed by atoms with Crippen LogP contribution in [0.3, 0.4) is 0 Å². The van der Waals surface area contributed by atoms with Crippen molar-refractivity contribution in [1.29, 1.82) is 10.5 Å². The Balaban J connectivity index is 0. The first-order valence-electron chi connectivity index (χ1n) is 3.92. The molecular weight excluding hydrogens is 404 g/mol. The van der Waals surface area contributed by atoms with Crippen LogP contribution in [0, 0.1) is 28.6 Å². The molecule has 1 heterocycles. The normalized spacial score (nSPS) is 14.9. The summed E-state index contributed by atoms with van der Waals surface area (Å²) in [5.74, 6) is 0.299. The van der Waals surface area contributed by atoms with Gasteiger partial charge in [0.15, 0.2) is 0 Å². The molecule has 1 aliphatic heterocycles. The van der Waals surface area contributed by atoms with Gasteiger partial charge in [-0.05, 0) is 0 Å². The Morgan fingerprint density at radius 1 is 1.29 bits per heavy atom. The summed E-state index contributed by atoms with van der Waals surface area (Å²) >= 11 is -0.472. The Kier molecular flexibility index (Phi) is 18.6. The zero-order valence-electron chi connectivity index (χ0n) is 7.82. The molecule has 0 atom stereocenters. The van der Waals surface area contributed by atoms with E-state index >= 15 is 0 Å². The quantitative estimate of drug-likeness (QED) is 0.609. The van der Waals surface area contributed by atoms with Gasteiger partial charge in [-0.2, -0.15) is 10.5 Å².